The van der Waals surface area contributed by atoms with E-state index in [1.165, 1.54) is 50.1 Å². The first-order valence-electron chi connectivity index (χ1n) is 9.55. The van der Waals surface area contributed by atoms with Crippen molar-refractivity contribution < 1.29 is 0 Å². The number of nitrogens with zero attached hydrogens (tertiary/aromatic N) is 1. The van der Waals surface area contributed by atoms with Crippen LogP contribution in [0, 0.1) is 29.1 Å². The van der Waals surface area contributed by atoms with Gasteiger partial charge in [-0.2, -0.15) is 0 Å². The summed E-state index contributed by atoms with van der Waals surface area (Å²) in [5.74, 6) is 3.11. The van der Waals surface area contributed by atoms with Crippen molar-refractivity contribution in [2.24, 2.45) is 29.1 Å². The Morgan fingerprint density at radius 3 is 2.36 bits per heavy atom. The highest BCUT2D eigenvalue weighted by atomic mass is 32.1. The Bertz CT molecular complexity index is 389. The summed E-state index contributed by atoms with van der Waals surface area (Å²) in [6.45, 7) is 15.6. The molecule has 1 aliphatic heterocycles. The summed E-state index contributed by atoms with van der Waals surface area (Å²) in [7, 11) is 0. The second-order valence-corrected chi connectivity index (χ2v) is 9.45. The first-order valence-corrected chi connectivity index (χ1v) is 9.96. The van der Waals surface area contributed by atoms with Gasteiger partial charge in [-0.1, -0.05) is 52.8 Å². The van der Waals surface area contributed by atoms with Crippen LogP contribution in [0.4, 0.5) is 0 Å². The molecule has 4 unspecified atom stereocenters. The van der Waals surface area contributed by atoms with Crippen LogP contribution in [0.3, 0.4) is 0 Å². The number of hydrogen-bond donors (Lipinski definition) is 0. The van der Waals surface area contributed by atoms with Crippen molar-refractivity contribution in [1.29, 1.82) is 0 Å². The normalized spacial score (nSPS) is 37.7. The maximum atomic E-state index is 5.95. The molecule has 0 amide bonds. The molecule has 22 heavy (non-hydrogen) atoms. The van der Waals surface area contributed by atoms with E-state index in [0.29, 0.717) is 17.4 Å². The third kappa shape index (κ3) is 3.86. The summed E-state index contributed by atoms with van der Waals surface area (Å²) in [5.41, 5.74) is 0.488. The van der Waals surface area contributed by atoms with Crippen molar-refractivity contribution in [3.05, 3.63) is 0 Å². The van der Waals surface area contributed by atoms with E-state index in [9.17, 15) is 0 Å². The van der Waals surface area contributed by atoms with Gasteiger partial charge in [-0.15, -0.1) is 0 Å². The summed E-state index contributed by atoms with van der Waals surface area (Å²) in [5, 5.41) is 0. The third-order valence-corrected chi connectivity index (χ3v) is 7.22. The first-order chi connectivity index (χ1) is 10.2. The van der Waals surface area contributed by atoms with Gasteiger partial charge in [-0.25, -0.2) is 0 Å². The zero-order chi connectivity index (χ0) is 16.5. The van der Waals surface area contributed by atoms with Gasteiger partial charge in [0.2, 0.25) is 0 Å². The summed E-state index contributed by atoms with van der Waals surface area (Å²) >= 11 is 5.95. The second-order valence-electron chi connectivity index (χ2n) is 9.03. The molecule has 1 aliphatic carbocycles. The van der Waals surface area contributed by atoms with Gasteiger partial charge in [0.1, 0.15) is 0 Å². The van der Waals surface area contributed by atoms with Crippen LogP contribution in [-0.2, 0) is 0 Å². The van der Waals surface area contributed by atoms with E-state index in [-0.39, 0.29) is 0 Å². The maximum Gasteiger partial charge on any atom is 0.0815 e. The van der Waals surface area contributed by atoms with E-state index in [4.69, 9.17) is 12.2 Å². The summed E-state index contributed by atoms with van der Waals surface area (Å²) in [6.07, 6.45) is 8.20. The molecule has 2 aliphatic rings. The van der Waals surface area contributed by atoms with Crippen LogP contribution in [0.25, 0.3) is 0 Å². The predicted molar refractivity (Wildman–Crippen MR) is 101 cm³/mol. The van der Waals surface area contributed by atoms with Gasteiger partial charge in [-0.3, -0.25) is 0 Å². The predicted octanol–water partition coefficient (Wildman–Crippen LogP) is 5.92. The Balaban J connectivity index is 2.23. The van der Waals surface area contributed by atoms with Crippen LogP contribution >= 0.6 is 12.2 Å². The van der Waals surface area contributed by atoms with Gasteiger partial charge in [0.05, 0.1) is 4.99 Å². The molecule has 0 aromatic rings. The van der Waals surface area contributed by atoms with Crippen LogP contribution in [-0.4, -0.2) is 22.5 Å². The number of fused-ring (bicyclic) bond motifs is 1. The molecular weight excluding hydrogens is 286 g/mol. The van der Waals surface area contributed by atoms with Crippen molar-refractivity contribution in [1.82, 2.24) is 4.90 Å². The Kier molecular flexibility index (Phi) is 5.96. The maximum absolute atomic E-state index is 5.95. The average Bonchev–Trinajstić information content (AvgIpc) is 2.46. The van der Waals surface area contributed by atoms with Crippen molar-refractivity contribution in [2.45, 2.75) is 86.1 Å². The van der Waals surface area contributed by atoms with Crippen molar-refractivity contribution in [3.63, 3.8) is 0 Å². The third-order valence-electron chi connectivity index (χ3n) is 6.68. The molecule has 2 rings (SSSR count). The van der Waals surface area contributed by atoms with E-state index < -0.39 is 0 Å². The molecule has 0 spiro atoms. The van der Waals surface area contributed by atoms with E-state index >= 15 is 0 Å². The highest BCUT2D eigenvalue weighted by molar-refractivity contribution is 7.80. The number of rotatable bonds is 2. The Labute approximate surface area is 144 Å². The Morgan fingerprint density at radius 1 is 1.09 bits per heavy atom. The highest BCUT2D eigenvalue weighted by Gasteiger charge is 2.41. The van der Waals surface area contributed by atoms with Crippen LogP contribution in [0.1, 0.15) is 80.1 Å². The van der Waals surface area contributed by atoms with Gasteiger partial charge in [0.25, 0.3) is 0 Å². The molecule has 0 aromatic carbocycles. The molecule has 128 valence electrons. The van der Waals surface area contributed by atoms with Crippen LogP contribution in [0.5, 0.6) is 0 Å². The SMILES string of the molecule is CC1CCCC2C(=S)N(C(C)C)CCC2CC(C)(C(C)C)C1. The smallest absolute Gasteiger partial charge is 0.0815 e. The molecule has 2 fully saturated rings. The zero-order valence-electron chi connectivity index (χ0n) is 15.7. The van der Waals surface area contributed by atoms with E-state index in [1.807, 2.05) is 0 Å². The molecule has 1 saturated heterocycles. The van der Waals surface area contributed by atoms with E-state index in [1.54, 1.807) is 0 Å². The number of hydrogen-bond acceptors (Lipinski definition) is 1. The summed E-state index contributed by atoms with van der Waals surface area (Å²) in [4.78, 5) is 3.79. The summed E-state index contributed by atoms with van der Waals surface area (Å²) < 4.78 is 0. The number of likely N-dealkylation sites (tertiary alicyclic amines) is 1. The molecule has 1 heterocycles. The van der Waals surface area contributed by atoms with Crippen LogP contribution in [0.15, 0.2) is 0 Å². The molecule has 1 nitrogen and oxygen atoms in total. The van der Waals surface area contributed by atoms with Gasteiger partial charge < -0.3 is 4.90 Å². The summed E-state index contributed by atoms with van der Waals surface area (Å²) in [6, 6.07) is 0.566. The fraction of sp³-hybridized carbons (Fsp3) is 0.950. The van der Waals surface area contributed by atoms with Crippen molar-refractivity contribution in [2.75, 3.05) is 6.54 Å². The molecular formula is C20H37NS. The minimum Gasteiger partial charge on any atom is -0.363 e. The lowest BCUT2D eigenvalue weighted by Gasteiger charge is -2.46. The van der Waals surface area contributed by atoms with Crippen molar-refractivity contribution in [3.8, 4) is 0 Å². The monoisotopic (exact) mass is 323 g/mol. The van der Waals surface area contributed by atoms with Gasteiger partial charge in [-0.05, 0) is 62.7 Å². The lowest BCUT2D eigenvalue weighted by atomic mass is 9.65. The number of piperidine rings is 1. The largest absolute Gasteiger partial charge is 0.363 e. The fourth-order valence-corrected chi connectivity index (χ4v) is 5.50. The topological polar surface area (TPSA) is 3.24 Å². The Morgan fingerprint density at radius 2 is 1.77 bits per heavy atom. The zero-order valence-corrected chi connectivity index (χ0v) is 16.5. The fourth-order valence-electron chi connectivity index (χ4n) is 4.89. The van der Waals surface area contributed by atoms with E-state index in [0.717, 1.165) is 17.8 Å². The van der Waals surface area contributed by atoms with Gasteiger partial charge in [0.15, 0.2) is 0 Å². The molecule has 2 heteroatoms. The first kappa shape index (κ1) is 18.2. The molecule has 0 radical (unpaired) electrons. The average molecular weight is 324 g/mol. The quantitative estimate of drug-likeness (QED) is 0.580. The minimum atomic E-state index is 0.488. The lowest BCUT2D eigenvalue weighted by molar-refractivity contribution is 0.0996. The molecule has 0 aromatic heterocycles. The lowest BCUT2D eigenvalue weighted by Crippen LogP contribution is -2.48. The van der Waals surface area contributed by atoms with Gasteiger partial charge in [0, 0.05) is 18.5 Å². The van der Waals surface area contributed by atoms with Crippen LogP contribution in [0.2, 0.25) is 0 Å². The molecule has 4 atom stereocenters. The minimum absolute atomic E-state index is 0.488. The number of thiocarbonyl (C=S) groups is 1. The standard InChI is InChI=1S/C20H37NS/c1-14(2)20(6)12-16(5)8-7-9-18-17(13-20)10-11-21(15(3)4)19(18)22/h14-18H,7-13H2,1-6H3. The second kappa shape index (κ2) is 7.20. The van der Waals surface area contributed by atoms with Gasteiger partial charge >= 0.3 is 0 Å². The molecule has 0 bridgehead atoms. The Hall–Kier alpha value is -0.110. The molecule has 1 saturated carbocycles. The molecule has 0 N–H and O–H groups in total. The highest BCUT2D eigenvalue weighted by Crippen LogP contribution is 2.47. The van der Waals surface area contributed by atoms with Crippen molar-refractivity contribution >= 4 is 17.2 Å². The van der Waals surface area contributed by atoms with Crippen LogP contribution < -0.4 is 0 Å². The van der Waals surface area contributed by atoms with E-state index in [2.05, 4.69) is 46.4 Å².